The number of rotatable bonds is 9. The number of amides is 1. The Balaban J connectivity index is 2.63. The molecule has 0 spiro atoms. The molecule has 0 radical (unpaired) electrons. The van der Waals surface area contributed by atoms with E-state index in [1.54, 1.807) is 4.90 Å². The zero-order chi connectivity index (χ0) is 17.2. The summed E-state index contributed by atoms with van der Waals surface area (Å²) in [6.07, 6.45) is 2.09. The van der Waals surface area contributed by atoms with Crippen molar-refractivity contribution in [2.24, 2.45) is 0 Å². The number of aryl methyl sites for hydroxylation is 2. The zero-order valence-electron chi connectivity index (χ0n) is 14.6. The molecule has 5 nitrogen and oxygen atoms in total. The maximum atomic E-state index is 12.4. The van der Waals surface area contributed by atoms with Crippen LogP contribution in [0.5, 0.6) is 5.75 Å². The molecule has 0 heterocycles. The number of benzene rings is 1. The van der Waals surface area contributed by atoms with Crippen LogP contribution in [0.25, 0.3) is 0 Å². The van der Waals surface area contributed by atoms with E-state index >= 15 is 0 Å². The zero-order valence-corrected chi connectivity index (χ0v) is 14.6. The van der Waals surface area contributed by atoms with Crippen molar-refractivity contribution in [3.05, 3.63) is 29.3 Å². The average molecular weight is 321 g/mol. The van der Waals surface area contributed by atoms with Crippen molar-refractivity contribution in [3.8, 4) is 5.75 Å². The summed E-state index contributed by atoms with van der Waals surface area (Å²) in [6.45, 7) is 6.95. The summed E-state index contributed by atoms with van der Waals surface area (Å²) in [5, 5.41) is 0. The molecule has 0 aliphatic rings. The largest absolute Gasteiger partial charge is 0.483 e. The van der Waals surface area contributed by atoms with Gasteiger partial charge in [-0.05, 0) is 31.4 Å². The van der Waals surface area contributed by atoms with Crippen molar-refractivity contribution in [2.45, 2.75) is 40.0 Å². The van der Waals surface area contributed by atoms with Gasteiger partial charge in [-0.1, -0.05) is 31.5 Å². The molecule has 0 aromatic heterocycles. The van der Waals surface area contributed by atoms with Gasteiger partial charge in [0, 0.05) is 13.1 Å². The fourth-order valence-electron chi connectivity index (χ4n) is 2.29. The summed E-state index contributed by atoms with van der Waals surface area (Å²) in [4.78, 5) is 25.4. The van der Waals surface area contributed by atoms with Crippen LogP contribution >= 0.6 is 0 Å². The first kappa shape index (κ1) is 19.0. The molecule has 1 amide bonds. The van der Waals surface area contributed by atoms with Gasteiger partial charge in [0.25, 0.3) is 5.91 Å². The molecule has 1 aromatic rings. The second-order valence-electron chi connectivity index (χ2n) is 5.57. The predicted octanol–water partition coefficient (Wildman–Crippen LogP) is 2.87. The monoisotopic (exact) mass is 321 g/mol. The van der Waals surface area contributed by atoms with Gasteiger partial charge in [-0.2, -0.15) is 0 Å². The Bertz CT molecular complexity index is 508. The summed E-state index contributed by atoms with van der Waals surface area (Å²) >= 11 is 0. The molecular weight excluding hydrogens is 294 g/mol. The Morgan fingerprint density at radius 3 is 2.35 bits per heavy atom. The van der Waals surface area contributed by atoms with Crippen LogP contribution < -0.4 is 4.74 Å². The Morgan fingerprint density at radius 2 is 1.78 bits per heavy atom. The first-order valence-corrected chi connectivity index (χ1v) is 8.03. The van der Waals surface area contributed by atoms with E-state index < -0.39 is 0 Å². The molecule has 0 unspecified atom stereocenters. The van der Waals surface area contributed by atoms with Crippen LogP contribution in [0.4, 0.5) is 0 Å². The average Bonchev–Trinajstić information content (AvgIpc) is 2.53. The second-order valence-corrected chi connectivity index (χ2v) is 5.57. The van der Waals surface area contributed by atoms with Crippen LogP contribution in [0.2, 0.25) is 0 Å². The van der Waals surface area contributed by atoms with E-state index in [1.807, 2.05) is 32.0 Å². The third kappa shape index (κ3) is 6.30. The Labute approximate surface area is 138 Å². The molecule has 0 saturated carbocycles. The van der Waals surface area contributed by atoms with E-state index in [2.05, 4.69) is 11.7 Å². The molecule has 5 heteroatoms. The van der Waals surface area contributed by atoms with Crippen LogP contribution in [0.1, 0.15) is 37.3 Å². The maximum absolute atomic E-state index is 12.4. The topological polar surface area (TPSA) is 55.8 Å². The predicted molar refractivity (Wildman–Crippen MR) is 89.5 cm³/mol. The lowest BCUT2D eigenvalue weighted by molar-refractivity contribution is -0.142. The molecule has 23 heavy (non-hydrogen) atoms. The molecule has 1 rings (SSSR count). The van der Waals surface area contributed by atoms with Gasteiger partial charge in [0.2, 0.25) is 0 Å². The Kier molecular flexibility index (Phi) is 8.16. The molecule has 0 saturated heterocycles. The summed E-state index contributed by atoms with van der Waals surface area (Å²) in [5.74, 6) is 0.337. The van der Waals surface area contributed by atoms with E-state index in [1.165, 1.54) is 7.11 Å². The van der Waals surface area contributed by atoms with Crippen LogP contribution in [-0.2, 0) is 14.3 Å². The van der Waals surface area contributed by atoms with Crippen LogP contribution in [0, 0.1) is 13.8 Å². The number of ether oxygens (including phenoxy) is 2. The molecule has 0 atom stereocenters. The number of esters is 1. The highest BCUT2D eigenvalue weighted by molar-refractivity contribution is 5.78. The fourth-order valence-corrected chi connectivity index (χ4v) is 2.29. The lowest BCUT2D eigenvalue weighted by Gasteiger charge is -2.22. The van der Waals surface area contributed by atoms with Gasteiger partial charge >= 0.3 is 5.97 Å². The second kappa shape index (κ2) is 9.87. The summed E-state index contributed by atoms with van der Waals surface area (Å²) in [5.41, 5.74) is 2.01. The molecular formula is C18H27NO4. The van der Waals surface area contributed by atoms with Crippen LogP contribution in [-0.4, -0.2) is 43.6 Å². The minimum Gasteiger partial charge on any atom is -0.483 e. The van der Waals surface area contributed by atoms with Gasteiger partial charge in [0.05, 0.1) is 13.5 Å². The van der Waals surface area contributed by atoms with Crippen molar-refractivity contribution in [1.29, 1.82) is 0 Å². The van der Waals surface area contributed by atoms with Gasteiger partial charge in [-0.15, -0.1) is 0 Å². The van der Waals surface area contributed by atoms with Gasteiger partial charge in [0.1, 0.15) is 5.75 Å². The van der Waals surface area contributed by atoms with Crippen molar-refractivity contribution >= 4 is 11.9 Å². The van der Waals surface area contributed by atoms with Crippen LogP contribution in [0.3, 0.4) is 0 Å². The minimum atomic E-state index is -0.310. The molecule has 0 fully saturated rings. The highest BCUT2D eigenvalue weighted by Crippen LogP contribution is 2.22. The van der Waals surface area contributed by atoms with Gasteiger partial charge in [-0.25, -0.2) is 0 Å². The Morgan fingerprint density at radius 1 is 1.13 bits per heavy atom. The first-order valence-electron chi connectivity index (χ1n) is 8.03. The number of carbonyl (C=O) groups is 2. The van der Waals surface area contributed by atoms with E-state index in [9.17, 15) is 9.59 Å². The number of nitrogens with zero attached hydrogens (tertiary/aromatic N) is 1. The highest BCUT2D eigenvalue weighted by Gasteiger charge is 2.16. The summed E-state index contributed by atoms with van der Waals surface area (Å²) in [6, 6.07) is 5.88. The number of methoxy groups -OCH3 is 1. The number of unbranched alkanes of at least 4 members (excludes halogenated alkanes) is 1. The van der Waals surface area contributed by atoms with Gasteiger partial charge in [0.15, 0.2) is 6.61 Å². The van der Waals surface area contributed by atoms with E-state index in [0.29, 0.717) is 13.1 Å². The highest BCUT2D eigenvalue weighted by atomic mass is 16.5. The van der Waals surface area contributed by atoms with Gasteiger partial charge < -0.3 is 14.4 Å². The molecule has 1 aromatic carbocycles. The fraction of sp³-hybridized carbons (Fsp3) is 0.556. The number of carbonyl (C=O) groups excluding carboxylic acids is 2. The van der Waals surface area contributed by atoms with E-state index in [-0.39, 0.29) is 24.9 Å². The van der Waals surface area contributed by atoms with Crippen molar-refractivity contribution in [2.75, 3.05) is 26.8 Å². The summed E-state index contributed by atoms with van der Waals surface area (Å²) < 4.78 is 10.4. The maximum Gasteiger partial charge on any atom is 0.307 e. The minimum absolute atomic E-state index is 0.0173. The molecule has 0 aliphatic heterocycles. The molecule has 0 bridgehead atoms. The SMILES string of the molecule is CCCCN(CCC(=O)OC)C(=O)COc1c(C)cccc1C. The number of para-hydroxylation sites is 1. The van der Waals surface area contributed by atoms with E-state index in [0.717, 1.165) is 29.7 Å². The molecule has 128 valence electrons. The first-order chi connectivity index (χ1) is 11.0. The third-order valence-electron chi connectivity index (χ3n) is 3.70. The lowest BCUT2D eigenvalue weighted by Crippen LogP contribution is -2.37. The molecule has 0 N–H and O–H groups in total. The van der Waals surface area contributed by atoms with E-state index in [4.69, 9.17) is 4.74 Å². The number of hydrogen-bond acceptors (Lipinski definition) is 4. The quantitative estimate of drug-likeness (QED) is 0.656. The smallest absolute Gasteiger partial charge is 0.307 e. The Hall–Kier alpha value is -2.04. The van der Waals surface area contributed by atoms with Crippen LogP contribution in [0.15, 0.2) is 18.2 Å². The standard InChI is InChI=1S/C18H27NO4/c1-5-6-11-19(12-10-17(21)22-4)16(20)13-23-18-14(2)8-7-9-15(18)3/h7-9H,5-6,10-13H2,1-4H3. The number of hydrogen-bond donors (Lipinski definition) is 0. The van der Waals surface area contributed by atoms with Crippen molar-refractivity contribution in [3.63, 3.8) is 0 Å². The summed E-state index contributed by atoms with van der Waals surface area (Å²) in [7, 11) is 1.35. The molecule has 0 aliphatic carbocycles. The normalized spacial score (nSPS) is 10.3. The lowest BCUT2D eigenvalue weighted by atomic mass is 10.1. The van der Waals surface area contributed by atoms with Crippen molar-refractivity contribution in [1.82, 2.24) is 4.90 Å². The van der Waals surface area contributed by atoms with Crippen molar-refractivity contribution < 1.29 is 19.1 Å². The van der Waals surface area contributed by atoms with Gasteiger partial charge in [-0.3, -0.25) is 9.59 Å². The third-order valence-corrected chi connectivity index (χ3v) is 3.70.